The van der Waals surface area contributed by atoms with Gasteiger partial charge in [-0.1, -0.05) is 36.4 Å². The fourth-order valence-electron chi connectivity index (χ4n) is 3.21. The highest BCUT2D eigenvalue weighted by Gasteiger charge is 2.27. The number of hydrogen-bond acceptors (Lipinski definition) is 2. The summed E-state index contributed by atoms with van der Waals surface area (Å²) in [7, 11) is 0. The standard InChI is InChI=1S/C18H16N2O/c21-15(10-14-9-13-5-1-2-6-16(13)14)11-20-12-19-17-7-3-4-8-18(17)20/h1-8,12,14H,9-11H2. The molecule has 0 spiro atoms. The van der Waals surface area contributed by atoms with Crippen LogP contribution in [0.3, 0.4) is 0 Å². The number of ketones is 1. The molecule has 104 valence electrons. The van der Waals surface area contributed by atoms with E-state index in [2.05, 4.69) is 29.2 Å². The second-order valence-electron chi connectivity index (χ2n) is 5.70. The summed E-state index contributed by atoms with van der Waals surface area (Å²) in [6.07, 6.45) is 3.42. The van der Waals surface area contributed by atoms with Gasteiger partial charge in [0.1, 0.15) is 0 Å². The number of carbonyl (C=O) groups excluding carboxylic acids is 1. The lowest BCUT2D eigenvalue weighted by molar-refractivity contribution is -0.120. The number of hydrogen-bond donors (Lipinski definition) is 0. The van der Waals surface area contributed by atoms with Crippen LogP contribution < -0.4 is 0 Å². The van der Waals surface area contributed by atoms with Crippen LogP contribution in [0.5, 0.6) is 0 Å². The third-order valence-electron chi connectivity index (χ3n) is 4.31. The van der Waals surface area contributed by atoms with Gasteiger partial charge in [0.05, 0.1) is 23.9 Å². The number of benzene rings is 2. The van der Waals surface area contributed by atoms with E-state index in [4.69, 9.17) is 0 Å². The second kappa shape index (κ2) is 4.85. The van der Waals surface area contributed by atoms with E-state index in [0.29, 0.717) is 18.9 Å². The van der Waals surface area contributed by atoms with Crippen LogP contribution in [0.1, 0.15) is 23.5 Å². The predicted molar refractivity (Wildman–Crippen MR) is 82.2 cm³/mol. The molecule has 0 saturated heterocycles. The summed E-state index contributed by atoms with van der Waals surface area (Å²) in [6.45, 7) is 0.416. The number of carbonyl (C=O) groups is 1. The first kappa shape index (κ1) is 12.3. The third-order valence-corrected chi connectivity index (χ3v) is 4.31. The molecule has 3 heteroatoms. The van der Waals surface area contributed by atoms with E-state index >= 15 is 0 Å². The number of fused-ring (bicyclic) bond motifs is 2. The Bertz CT molecular complexity index is 819. The number of rotatable bonds is 4. The number of para-hydroxylation sites is 2. The van der Waals surface area contributed by atoms with Gasteiger partial charge in [0.15, 0.2) is 5.78 Å². The highest BCUT2D eigenvalue weighted by Crippen LogP contribution is 2.37. The summed E-state index contributed by atoms with van der Waals surface area (Å²) < 4.78 is 1.95. The molecule has 1 aliphatic rings. The van der Waals surface area contributed by atoms with E-state index in [1.807, 2.05) is 28.8 Å². The Kier molecular flexibility index (Phi) is 2.85. The van der Waals surface area contributed by atoms with Gasteiger partial charge >= 0.3 is 0 Å². The van der Waals surface area contributed by atoms with Crippen molar-refractivity contribution in [2.45, 2.75) is 25.3 Å². The molecular formula is C18H16N2O. The minimum atomic E-state index is 0.276. The zero-order valence-electron chi connectivity index (χ0n) is 11.7. The lowest BCUT2D eigenvalue weighted by Gasteiger charge is -2.29. The van der Waals surface area contributed by atoms with Crippen LogP contribution in [0.4, 0.5) is 0 Å². The molecule has 0 radical (unpaired) electrons. The van der Waals surface area contributed by atoms with Gasteiger partial charge in [-0.2, -0.15) is 0 Å². The third kappa shape index (κ3) is 2.15. The Hall–Kier alpha value is -2.42. The van der Waals surface area contributed by atoms with Gasteiger partial charge < -0.3 is 4.57 Å². The van der Waals surface area contributed by atoms with Gasteiger partial charge in [0, 0.05) is 6.42 Å². The molecule has 2 aromatic carbocycles. The van der Waals surface area contributed by atoms with Gasteiger partial charge in [-0.3, -0.25) is 4.79 Å². The summed E-state index contributed by atoms with van der Waals surface area (Å²) in [5.41, 5.74) is 4.71. The summed E-state index contributed by atoms with van der Waals surface area (Å²) in [4.78, 5) is 16.7. The molecule has 1 heterocycles. The summed E-state index contributed by atoms with van der Waals surface area (Å²) in [5.74, 6) is 0.682. The van der Waals surface area contributed by atoms with Crippen molar-refractivity contribution in [3.05, 3.63) is 66.0 Å². The maximum atomic E-state index is 12.3. The first-order valence-corrected chi connectivity index (χ1v) is 7.30. The quantitative estimate of drug-likeness (QED) is 0.732. The average Bonchev–Trinajstić information content (AvgIpc) is 2.88. The highest BCUT2D eigenvalue weighted by atomic mass is 16.1. The molecular weight excluding hydrogens is 260 g/mol. The van der Waals surface area contributed by atoms with Crippen molar-refractivity contribution in [2.24, 2.45) is 0 Å². The number of aromatic nitrogens is 2. The molecule has 1 unspecified atom stereocenters. The van der Waals surface area contributed by atoms with Crippen molar-refractivity contribution < 1.29 is 4.79 Å². The van der Waals surface area contributed by atoms with Crippen LogP contribution in [0.25, 0.3) is 11.0 Å². The minimum Gasteiger partial charge on any atom is -0.323 e. The molecule has 1 aliphatic carbocycles. The predicted octanol–water partition coefficient (Wildman–Crippen LogP) is 3.34. The maximum Gasteiger partial charge on any atom is 0.153 e. The van der Waals surface area contributed by atoms with Gasteiger partial charge in [0.25, 0.3) is 0 Å². The van der Waals surface area contributed by atoms with E-state index in [0.717, 1.165) is 17.5 Å². The van der Waals surface area contributed by atoms with E-state index in [9.17, 15) is 4.79 Å². The molecule has 3 nitrogen and oxygen atoms in total. The van der Waals surface area contributed by atoms with Crippen LogP contribution in [0.2, 0.25) is 0 Å². The highest BCUT2D eigenvalue weighted by molar-refractivity contribution is 5.82. The van der Waals surface area contributed by atoms with Crippen molar-refractivity contribution in [2.75, 3.05) is 0 Å². The zero-order chi connectivity index (χ0) is 14.2. The molecule has 1 aromatic heterocycles. The smallest absolute Gasteiger partial charge is 0.153 e. The summed E-state index contributed by atoms with van der Waals surface area (Å²) >= 11 is 0. The SMILES string of the molecule is O=C(CC1Cc2ccccc21)Cn1cnc2ccccc21. The van der Waals surface area contributed by atoms with E-state index < -0.39 is 0 Å². The Balaban J connectivity index is 1.48. The van der Waals surface area contributed by atoms with E-state index in [1.165, 1.54) is 11.1 Å². The topological polar surface area (TPSA) is 34.9 Å². The van der Waals surface area contributed by atoms with E-state index in [1.54, 1.807) is 6.33 Å². The Morgan fingerprint density at radius 2 is 1.95 bits per heavy atom. The summed E-state index contributed by atoms with van der Waals surface area (Å²) in [5, 5.41) is 0. The number of imidazole rings is 1. The monoisotopic (exact) mass is 276 g/mol. The first-order valence-electron chi connectivity index (χ1n) is 7.30. The molecule has 0 N–H and O–H groups in total. The lowest BCUT2D eigenvalue weighted by atomic mass is 9.75. The Morgan fingerprint density at radius 3 is 2.86 bits per heavy atom. The Labute approximate surface area is 123 Å². The van der Waals surface area contributed by atoms with Crippen molar-refractivity contribution in [3.8, 4) is 0 Å². The molecule has 0 amide bonds. The van der Waals surface area contributed by atoms with E-state index in [-0.39, 0.29) is 5.78 Å². The van der Waals surface area contributed by atoms with Crippen LogP contribution >= 0.6 is 0 Å². The van der Waals surface area contributed by atoms with Crippen molar-refractivity contribution in [3.63, 3.8) is 0 Å². The van der Waals surface area contributed by atoms with Crippen molar-refractivity contribution >= 4 is 16.8 Å². The molecule has 3 aromatic rings. The normalized spacial score (nSPS) is 16.5. The van der Waals surface area contributed by atoms with Gasteiger partial charge in [-0.05, 0) is 35.6 Å². The van der Waals surface area contributed by atoms with Crippen LogP contribution in [-0.4, -0.2) is 15.3 Å². The van der Waals surface area contributed by atoms with Crippen molar-refractivity contribution in [1.82, 2.24) is 9.55 Å². The maximum absolute atomic E-state index is 12.3. The van der Waals surface area contributed by atoms with Crippen LogP contribution in [0, 0.1) is 0 Å². The van der Waals surface area contributed by atoms with Gasteiger partial charge in [0.2, 0.25) is 0 Å². The van der Waals surface area contributed by atoms with Crippen LogP contribution in [-0.2, 0) is 17.8 Å². The second-order valence-corrected chi connectivity index (χ2v) is 5.70. The molecule has 0 aliphatic heterocycles. The largest absolute Gasteiger partial charge is 0.323 e. The lowest BCUT2D eigenvalue weighted by Crippen LogP contribution is -2.22. The molecule has 0 fully saturated rings. The molecule has 0 saturated carbocycles. The fourth-order valence-corrected chi connectivity index (χ4v) is 3.21. The van der Waals surface area contributed by atoms with Gasteiger partial charge in [-0.15, -0.1) is 0 Å². The van der Waals surface area contributed by atoms with Crippen LogP contribution in [0.15, 0.2) is 54.9 Å². The fraction of sp³-hybridized carbons (Fsp3) is 0.222. The molecule has 4 rings (SSSR count). The summed E-state index contributed by atoms with van der Waals surface area (Å²) in [6, 6.07) is 16.3. The molecule has 0 bridgehead atoms. The number of nitrogens with zero attached hydrogens (tertiary/aromatic N) is 2. The zero-order valence-corrected chi connectivity index (χ0v) is 11.7. The average molecular weight is 276 g/mol. The number of Topliss-reactive ketones (excluding diaryl/α,β-unsaturated/α-hetero) is 1. The molecule has 21 heavy (non-hydrogen) atoms. The first-order chi connectivity index (χ1) is 10.3. The Morgan fingerprint density at radius 1 is 1.14 bits per heavy atom. The molecule has 1 atom stereocenters. The van der Waals surface area contributed by atoms with Crippen molar-refractivity contribution in [1.29, 1.82) is 0 Å². The minimum absolute atomic E-state index is 0.276. The van der Waals surface area contributed by atoms with Gasteiger partial charge in [-0.25, -0.2) is 4.98 Å².